The minimum absolute atomic E-state index is 0. The first kappa shape index (κ1) is 16.6. The molecule has 4 bridgehead atoms. The topological polar surface area (TPSA) is 32.3 Å². The van der Waals surface area contributed by atoms with Crippen LogP contribution in [-0.4, -0.2) is 37.5 Å². The summed E-state index contributed by atoms with van der Waals surface area (Å²) in [5.74, 6) is 3.92. The van der Waals surface area contributed by atoms with E-state index in [2.05, 4.69) is 17.3 Å². The van der Waals surface area contributed by atoms with E-state index in [9.17, 15) is 4.79 Å². The fraction of sp³-hybridized carbons (Fsp3) is 0.944. The first-order valence-electron chi connectivity index (χ1n) is 9.07. The monoisotopic (exact) mass is 326 g/mol. The smallest absolute Gasteiger partial charge is 0.222 e. The van der Waals surface area contributed by atoms with Crippen LogP contribution in [0.4, 0.5) is 0 Å². The van der Waals surface area contributed by atoms with Crippen LogP contribution in [0.3, 0.4) is 0 Å². The molecule has 0 spiro atoms. The van der Waals surface area contributed by atoms with Gasteiger partial charge in [0, 0.05) is 20.0 Å². The Morgan fingerprint density at radius 3 is 2.23 bits per heavy atom. The molecule has 1 amide bonds. The molecule has 5 aliphatic rings. The van der Waals surface area contributed by atoms with Crippen LogP contribution in [0.1, 0.15) is 51.4 Å². The minimum Gasteiger partial charge on any atom is -0.345 e. The van der Waals surface area contributed by atoms with Gasteiger partial charge in [0.2, 0.25) is 5.91 Å². The van der Waals surface area contributed by atoms with Crippen LogP contribution in [0, 0.1) is 29.1 Å². The van der Waals surface area contributed by atoms with Crippen LogP contribution in [0.15, 0.2) is 0 Å². The number of rotatable bonds is 4. The first-order valence-corrected chi connectivity index (χ1v) is 9.07. The fourth-order valence-corrected chi connectivity index (χ4v) is 6.37. The van der Waals surface area contributed by atoms with Crippen molar-refractivity contribution in [2.75, 3.05) is 26.7 Å². The lowest BCUT2D eigenvalue weighted by atomic mass is 9.49. The maximum atomic E-state index is 12.5. The van der Waals surface area contributed by atoms with Crippen molar-refractivity contribution in [1.29, 1.82) is 0 Å². The SMILES string of the molecule is CN(CC12CC3CC(CC(C3)C1)C2)C(=O)CC1CCNC1.Cl. The molecule has 4 saturated carbocycles. The lowest BCUT2D eigenvalue weighted by molar-refractivity contribution is -0.136. The second-order valence-electron chi connectivity index (χ2n) is 8.73. The highest BCUT2D eigenvalue weighted by atomic mass is 35.5. The van der Waals surface area contributed by atoms with E-state index in [0.29, 0.717) is 17.2 Å². The average molecular weight is 327 g/mol. The van der Waals surface area contributed by atoms with Crippen molar-refractivity contribution in [3.8, 4) is 0 Å². The molecule has 0 aromatic carbocycles. The Hall–Kier alpha value is -0.280. The Morgan fingerprint density at radius 2 is 1.73 bits per heavy atom. The third-order valence-corrected chi connectivity index (χ3v) is 6.79. The van der Waals surface area contributed by atoms with Gasteiger partial charge in [0.15, 0.2) is 0 Å². The van der Waals surface area contributed by atoms with E-state index in [-0.39, 0.29) is 12.4 Å². The third kappa shape index (κ3) is 3.17. The van der Waals surface area contributed by atoms with Crippen LogP contribution in [0.2, 0.25) is 0 Å². The fourth-order valence-electron chi connectivity index (χ4n) is 6.37. The number of halogens is 1. The van der Waals surface area contributed by atoms with E-state index in [1.165, 1.54) is 44.9 Å². The van der Waals surface area contributed by atoms with Crippen molar-refractivity contribution in [2.45, 2.75) is 51.4 Å². The maximum absolute atomic E-state index is 12.5. The molecule has 0 radical (unpaired) electrons. The van der Waals surface area contributed by atoms with Crippen molar-refractivity contribution in [3.63, 3.8) is 0 Å². The van der Waals surface area contributed by atoms with Gasteiger partial charge >= 0.3 is 0 Å². The Morgan fingerprint density at radius 1 is 1.14 bits per heavy atom. The molecule has 1 aliphatic heterocycles. The highest BCUT2D eigenvalue weighted by Gasteiger charge is 2.51. The van der Waals surface area contributed by atoms with Crippen molar-refractivity contribution < 1.29 is 4.79 Å². The van der Waals surface area contributed by atoms with E-state index in [1.807, 2.05) is 0 Å². The molecule has 5 rings (SSSR count). The van der Waals surface area contributed by atoms with Crippen LogP contribution in [0.25, 0.3) is 0 Å². The summed E-state index contributed by atoms with van der Waals surface area (Å²) in [6.07, 6.45) is 10.6. The predicted octanol–water partition coefficient (Wildman–Crippen LogP) is 3.08. The van der Waals surface area contributed by atoms with E-state index < -0.39 is 0 Å². The standard InChI is InChI=1S/C18H30N2O.ClH/c1-20(17(21)7-13-2-3-19-11-13)12-18-8-14-4-15(9-18)6-16(5-14)10-18;/h13-16,19H,2-12H2,1H3;1H. The lowest BCUT2D eigenvalue weighted by Crippen LogP contribution is -2.51. The second-order valence-corrected chi connectivity index (χ2v) is 8.73. The number of nitrogens with one attached hydrogen (secondary N) is 1. The minimum atomic E-state index is 0. The first-order chi connectivity index (χ1) is 10.1. The molecule has 4 heteroatoms. The Labute approximate surface area is 141 Å². The molecule has 126 valence electrons. The molecule has 1 unspecified atom stereocenters. The summed E-state index contributed by atoms with van der Waals surface area (Å²) in [7, 11) is 2.06. The van der Waals surface area contributed by atoms with Crippen molar-refractivity contribution >= 4 is 18.3 Å². The number of carbonyl (C=O) groups is 1. The molecule has 1 saturated heterocycles. The molecule has 0 aromatic rings. The summed E-state index contributed by atoms with van der Waals surface area (Å²) in [4.78, 5) is 14.6. The van der Waals surface area contributed by atoms with Gasteiger partial charge in [0.05, 0.1) is 0 Å². The second kappa shape index (κ2) is 6.32. The quantitative estimate of drug-likeness (QED) is 0.861. The highest BCUT2D eigenvalue weighted by molar-refractivity contribution is 5.85. The van der Waals surface area contributed by atoms with Gasteiger partial charge in [-0.05, 0) is 87.1 Å². The van der Waals surface area contributed by atoms with Crippen LogP contribution in [-0.2, 0) is 4.79 Å². The molecule has 22 heavy (non-hydrogen) atoms. The third-order valence-electron chi connectivity index (χ3n) is 6.79. The Bertz CT molecular complexity index is 384. The van der Waals surface area contributed by atoms with Gasteiger partial charge in [-0.25, -0.2) is 0 Å². The molecule has 5 fully saturated rings. The zero-order valence-corrected chi connectivity index (χ0v) is 14.7. The molecule has 0 aromatic heterocycles. The van der Waals surface area contributed by atoms with E-state index in [4.69, 9.17) is 0 Å². The largest absolute Gasteiger partial charge is 0.345 e. The molecule has 1 heterocycles. The van der Waals surface area contributed by atoms with Crippen LogP contribution in [0.5, 0.6) is 0 Å². The van der Waals surface area contributed by atoms with Crippen molar-refractivity contribution in [2.24, 2.45) is 29.1 Å². The van der Waals surface area contributed by atoms with Crippen LogP contribution >= 0.6 is 12.4 Å². The van der Waals surface area contributed by atoms with E-state index >= 15 is 0 Å². The number of carbonyl (C=O) groups excluding carboxylic acids is 1. The number of nitrogens with zero attached hydrogens (tertiary/aromatic N) is 1. The van der Waals surface area contributed by atoms with Gasteiger partial charge in [0.25, 0.3) is 0 Å². The molecule has 4 aliphatic carbocycles. The van der Waals surface area contributed by atoms with E-state index in [0.717, 1.165) is 43.8 Å². The lowest BCUT2D eigenvalue weighted by Gasteiger charge is -2.57. The van der Waals surface area contributed by atoms with Crippen LogP contribution < -0.4 is 5.32 Å². The van der Waals surface area contributed by atoms with Crippen molar-refractivity contribution in [3.05, 3.63) is 0 Å². The summed E-state index contributed by atoms with van der Waals surface area (Å²) in [5, 5.41) is 3.37. The van der Waals surface area contributed by atoms with Gasteiger partial charge in [-0.15, -0.1) is 12.4 Å². The van der Waals surface area contributed by atoms with Gasteiger partial charge in [-0.2, -0.15) is 0 Å². The van der Waals surface area contributed by atoms with Gasteiger partial charge in [-0.1, -0.05) is 0 Å². The highest BCUT2D eigenvalue weighted by Crippen LogP contribution is 2.60. The summed E-state index contributed by atoms with van der Waals surface area (Å²) in [5.41, 5.74) is 0.493. The maximum Gasteiger partial charge on any atom is 0.222 e. The van der Waals surface area contributed by atoms with Gasteiger partial charge < -0.3 is 10.2 Å². The Balaban J connectivity index is 0.00000144. The number of amides is 1. The van der Waals surface area contributed by atoms with Gasteiger partial charge in [0.1, 0.15) is 0 Å². The van der Waals surface area contributed by atoms with Gasteiger partial charge in [-0.3, -0.25) is 4.79 Å². The molecular weight excluding hydrogens is 296 g/mol. The summed E-state index contributed by atoms with van der Waals surface area (Å²) in [6.45, 7) is 3.17. The number of hydrogen-bond donors (Lipinski definition) is 1. The number of hydrogen-bond acceptors (Lipinski definition) is 2. The molecule has 3 nitrogen and oxygen atoms in total. The van der Waals surface area contributed by atoms with Crippen molar-refractivity contribution in [1.82, 2.24) is 10.2 Å². The molecule has 1 N–H and O–H groups in total. The summed E-state index contributed by atoms with van der Waals surface area (Å²) in [6, 6.07) is 0. The Kier molecular flexibility index (Phi) is 4.76. The average Bonchev–Trinajstić information content (AvgIpc) is 2.89. The molecule has 1 atom stereocenters. The summed E-state index contributed by atoms with van der Waals surface area (Å²) >= 11 is 0. The molecular formula is C18H31ClN2O. The van der Waals surface area contributed by atoms with E-state index in [1.54, 1.807) is 0 Å². The summed E-state index contributed by atoms with van der Waals surface area (Å²) < 4.78 is 0. The normalized spacial score (nSPS) is 42.2. The zero-order valence-electron chi connectivity index (χ0n) is 13.9. The zero-order chi connectivity index (χ0) is 14.4. The predicted molar refractivity (Wildman–Crippen MR) is 91.1 cm³/mol.